The highest BCUT2D eigenvalue weighted by molar-refractivity contribution is 5.85. The third-order valence-corrected chi connectivity index (χ3v) is 2.83. The van der Waals surface area contributed by atoms with Gasteiger partial charge < -0.3 is 15.2 Å². The molecule has 1 fully saturated rings. The Labute approximate surface area is 106 Å². The lowest BCUT2D eigenvalue weighted by Crippen LogP contribution is -2.07. The molecule has 98 valence electrons. The summed E-state index contributed by atoms with van der Waals surface area (Å²) in [6, 6.07) is 3.22. The molecule has 0 aliphatic heterocycles. The molecule has 0 atom stereocenters. The number of carboxylic acids is 1. The minimum Gasteiger partial charge on any atom is -0.477 e. The van der Waals surface area contributed by atoms with E-state index in [-0.39, 0.29) is 5.69 Å². The monoisotopic (exact) mass is 250 g/mol. The van der Waals surface area contributed by atoms with E-state index in [0.717, 1.165) is 37.8 Å². The van der Waals surface area contributed by atoms with Crippen LogP contribution in [0.15, 0.2) is 18.3 Å². The SMILES string of the molecule is O=C(O)c1ccc(NCCCOCC2CC2)cn1. The first kappa shape index (κ1) is 12.8. The first-order valence-electron chi connectivity index (χ1n) is 6.26. The van der Waals surface area contributed by atoms with Gasteiger partial charge in [0.25, 0.3) is 0 Å². The van der Waals surface area contributed by atoms with E-state index in [1.807, 2.05) is 0 Å². The fraction of sp³-hybridized carbons (Fsp3) is 0.538. The molecule has 1 aromatic heterocycles. The van der Waals surface area contributed by atoms with Gasteiger partial charge in [0.2, 0.25) is 0 Å². The summed E-state index contributed by atoms with van der Waals surface area (Å²) in [4.78, 5) is 14.4. The number of nitrogens with one attached hydrogen (secondary N) is 1. The Balaban J connectivity index is 1.58. The second kappa shape index (κ2) is 6.35. The Bertz CT molecular complexity index is 388. The fourth-order valence-electron chi connectivity index (χ4n) is 1.57. The lowest BCUT2D eigenvalue weighted by atomic mass is 10.3. The van der Waals surface area contributed by atoms with E-state index in [4.69, 9.17) is 9.84 Å². The van der Waals surface area contributed by atoms with Gasteiger partial charge in [0.05, 0.1) is 11.9 Å². The number of aromatic carboxylic acids is 1. The maximum absolute atomic E-state index is 10.6. The molecule has 2 N–H and O–H groups in total. The summed E-state index contributed by atoms with van der Waals surface area (Å²) in [5.74, 6) is -0.194. The van der Waals surface area contributed by atoms with Gasteiger partial charge in [-0.25, -0.2) is 9.78 Å². The molecule has 5 heteroatoms. The largest absolute Gasteiger partial charge is 0.477 e. The number of anilines is 1. The van der Waals surface area contributed by atoms with E-state index in [0.29, 0.717) is 0 Å². The second-order valence-electron chi connectivity index (χ2n) is 4.54. The Morgan fingerprint density at radius 3 is 2.94 bits per heavy atom. The van der Waals surface area contributed by atoms with E-state index in [1.165, 1.54) is 25.1 Å². The lowest BCUT2D eigenvalue weighted by Gasteiger charge is -2.06. The molecule has 0 saturated heterocycles. The zero-order valence-electron chi connectivity index (χ0n) is 10.3. The summed E-state index contributed by atoms with van der Waals surface area (Å²) in [5.41, 5.74) is 0.899. The molecule has 1 saturated carbocycles. The molecule has 1 heterocycles. The van der Waals surface area contributed by atoms with Crippen molar-refractivity contribution in [3.05, 3.63) is 24.0 Å². The predicted molar refractivity (Wildman–Crippen MR) is 67.8 cm³/mol. The van der Waals surface area contributed by atoms with Crippen LogP contribution >= 0.6 is 0 Å². The van der Waals surface area contributed by atoms with E-state index in [1.54, 1.807) is 6.07 Å². The van der Waals surface area contributed by atoms with Crippen LogP contribution in [-0.2, 0) is 4.74 Å². The molecule has 0 spiro atoms. The average Bonchev–Trinajstić information content (AvgIpc) is 3.18. The zero-order chi connectivity index (χ0) is 12.8. The molecule has 5 nitrogen and oxygen atoms in total. The summed E-state index contributed by atoms with van der Waals surface area (Å²) >= 11 is 0. The minimum atomic E-state index is -1.00. The number of carbonyl (C=O) groups is 1. The lowest BCUT2D eigenvalue weighted by molar-refractivity contribution is 0.0690. The minimum absolute atomic E-state index is 0.0633. The molecule has 0 radical (unpaired) electrons. The van der Waals surface area contributed by atoms with E-state index < -0.39 is 5.97 Å². The highest BCUT2D eigenvalue weighted by Crippen LogP contribution is 2.28. The molecule has 0 bridgehead atoms. The highest BCUT2D eigenvalue weighted by atomic mass is 16.5. The summed E-state index contributed by atoms with van der Waals surface area (Å²) in [5, 5.41) is 11.9. The van der Waals surface area contributed by atoms with Crippen LogP contribution in [0, 0.1) is 5.92 Å². The summed E-state index contributed by atoms with van der Waals surface area (Å²) in [7, 11) is 0. The number of rotatable bonds is 8. The van der Waals surface area contributed by atoms with Crippen molar-refractivity contribution >= 4 is 11.7 Å². The van der Waals surface area contributed by atoms with Gasteiger partial charge >= 0.3 is 5.97 Å². The van der Waals surface area contributed by atoms with Crippen molar-refractivity contribution in [2.75, 3.05) is 25.1 Å². The normalized spacial score (nSPS) is 14.4. The third-order valence-electron chi connectivity index (χ3n) is 2.83. The van der Waals surface area contributed by atoms with Crippen molar-refractivity contribution in [1.82, 2.24) is 4.98 Å². The van der Waals surface area contributed by atoms with Crippen molar-refractivity contribution in [2.24, 2.45) is 5.92 Å². The molecule has 0 unspecified atom stereocenters. The number of ether oxygens (including phenoxy) is 1. The highest BCUT2D eigenvalue weighted by Gasteiger charge is 2.20. The number of carboxylic acid groups (broad SMARTS) is 1. The number of hydrogen-bond donors (Lipinski definition) is 2. The quantitative estimate of drug-likeness (QED) is 0.690. The van der Waals surface area contributed by atoms with Crippen LogP contribution in [0.3, 0.4) is 0 Å². The van der Waals surface area contributed by atoms with Crippen molar-refractivity contribution in [2.45, 2.75) is 19.3 Å². The summed E-state index contributed by atoms with van der Waals surface area (Å²) in [6.45, 7) is 2.47. The van der Waals surface area contributed by atoms with Crippen molar-refractivity contribution in [1.29, 1.82) is 0 Å². The van der Waals surface area contributed by atoms with Crippen LogP contribution < -0.4 is 5.32 Å². The van der Waals surface area contributed by atoms with Crippen molar-refractivity contribution in [3.63, 3.8) is 0 Å². The predicted octanol–water partition coefficient (Wildman–Crippen LogP) is 2.01. The molecular weight excluding hydrogens is 232 g/mol. The Kier molecular flexibility index (Phi) is 4.52. The van der Waals surface area contributed by atoms with Gasteiger partial charge in [0.1, 0.15) is 5.69 Å². The molecule has 2 rings (SSSR count). The van der Waals surface area contributed by atoms with Crippen molar-refractivity contribution in [3.8, 4) is 0 Å². The van der Waals surface area contributed by atoms with Crippen LogP contribution in [-0.4, -0.2) is 35.8 Å². The molecule has 0 amide bonds. The maximum atomic E-state index is 10.6. The standard InChI is InChI=1S/C13H18N2O3/c16-13(17)12-5-4-11(8-15-12)14-6-1-7-18-9-10-2-3-10/h4-5,8,10,14H,1-3,6-7,9H2,(H,16,17). The fourth-order valence-corrected chi connectivity index (χ4v) is 1.57. The third kappa shape index (κ3) is 4.33. The van der Waals surface area contributed by atoms with Gasteiger partial charge in [0.15, 0.2) is 0 Å². The Hall–Kier alpha value is -1.62. The first-order chi connectivity index (χ1) is 8.75. The number of aromatic nitrogens is 1. The van der Waals surface area contributed by atoms with Crippen LogP contribution in [0.2, 0.25) is 0 Å². The molecule has 1 aromatic rings. The van der Waals surface area contributed by atoms with E-state index in [9.17, 15) is 4.79 Å². The van der Waals surface area contributed by atoms with Gasteiger partial charge in [-0.1, -0.05) is 0 Å². The average molecular weight is 250 g/mol. The molecule has 1 aliphatic carbocycles. The van der Waals surface area contributed by atoms with E-state index >= 15 is 0 Å². The first-order valence-corrected chi connectivity index (χ1v) is 6.26. The van der Waals surface area contributed by atoms with Crippen LogP contribution in [0.25, 0.3) is 0 Å². The zero-order valence-corrected chi connectivity index (χ0v) is 10.3. The van der Waals surface area contributed by atoms with Gasteiger partial charge in [-0.2, -0.15) is 0 Å². The van der Waals surface area contributed by atoms with Gasteiger partial charge in [-0.05, 0) is 37.3 Å². The molecule has 18 heavy (non-hydrogen) atoms. The van der Waals surface area contributed by atoms with Crippen molar-refractivity contribution < 1.29 is 14.6 Å². The number of hydrogen-bond acceptors (Lipinski definition) is 4. The molecule has 1 aliphatic rings. The van der Waals surface area contributed by atoms with Crippen LogP contribution in [0.4, 0.5) is 5.69 Å². The summed E-state index contributed by atoms with van der Waals surface area (Å²) in [6.07, 6.45) is 5.11. The van der Waals surface area contributed by atoms with Crippen LogP contribution in [0.1, 0.15) is 29.8 Å². The number of pyridine rings is 1. The van der Waals surface area contributed by atoms with E-state index in [2.05, 4.69) is 10.3 Å². The molecular formula is C13H18N2O3. The van der Waals surface area contributed by atoms with Gasteiger partial charge in [-0.15, -0.1) is 0 Å². The second-order valence-corrected chi connectivity index (χ2v) is 4.54. The van der Waals surface area contributed by atoms with Crippen LogP contribution in [0.5, 0.6) is 0 Å². The van der Waals surface area contributed by atoms with Gasteiger partial charge in [-0.3, -0.25) is 0 Å². The Morgan fingerprint density at radius 1 is 1.50 bits per heavy atom. The number of nitrogens with zero attached hydrogens (tertiary/aromatic N) is 1. The topological polar surface area (TPSA) is 71.5 Å². The maximum Gasteiger partial charge on any atom is 0.354 e. The van der Waals surface area contributed by atoms with Gasteiger partial charge in [0, 0.05) is 19.8 Å². The Morgan fingerprint density at radius 2 is 2.33 bits per heavy atom. The summed E-state index contributed by atoms with van der Waals surface area (Å²) < 4.78 is 5.51. The molecule has 0 aromatic carbocycles. The smallest absolute Gasteiger partial charge is 0.354 e.